The number of carbonyl (C=O) groups excluding carboxylic acids is 1. The zero-order valence-corrected chi connectivity index (χ0v) is 20.4. The van der Waals surface area contributed by atoms with Crippen molar-refractivity contribution in [3.63, 3.8) is 0 Å². The highest BCUT2D eigenvalue weighted by atomic mass is 35.5. The number of imidazole rings is 1. The third-order valence-electron chi connectivity index (χ3n) is 6.45. The molecule has 5 rings (SSSR count). The fraction of sp³-hybridized carbons (Fsp3) is 0.286. The van der Waals surface area contributed by atoms with Gasteiger partial charge in [-0.05, 0) is 48.4 Å². The molecule has 0 aliphatic carbocycles. The van der Waals surface area contributed by atoms with E-state index in [-0.39, 0.29) is 18.4 Å². The van der Waals surface area contributed by atoms with Crippen molar-refractivity contribution in [2.45, 2.75) is 38.5 Å². The van der Waals surface area contributed by atoms with E-state index in [1.54, 1.807) is 12.1 Å². The number of aliphatic hydroxyl groups excluding tert-OH is 1. The number of aromatic nitrogens is 2. The van der Waals surface area contributed by atoms with Gasteiger partial charge in [-0.25, -0.2) is 4.98 Å². The number of hydrogen-bond donors (Lipinski definition) is 1. The Balaban J connectivity index is 1.33. The molecule has 35 heavy (non-hydrogen) atoms. The molecule has 180 valence electrons. The molecule has 1 aliphatic rings. The number of benzene rings is 3. The van der Waals surface area contributed by atoms with Gasteiger partial charge < -0.3 is 19.3 Å². The lowest BCUT2D eigenvalue weighted by atomic mass is 10.1. The molecular formula is C28H28ClN3O3. The molecule has 0 saturated carbocycles. The van der Waals surface area contributed by atoms with Crippen LogP contribution in [0.25, 0.3) is 11.0 Å². The number of para-hydroxylation sites is 2. The number of likely N-dealkylation sites (tertiary alicyclic amines) is 1. The maximum atomic E-state index is 12.8. The standard InChI is InChI=1S/C28H28ClN3O3/c1-19-13-23(11-12-24(19)29)35-18-22(33)17-32-26-10-6-5-9-25(26)30-28(32)21-14-27(34)31(16-21)15-20-7-3-2-4-8-20/h2-13,21-22,33H,14-18H2,1H3/t21-,22-/m1/s1. The predicted molar refractivity (Wildman–Crippen MR) is 137 cm³/mol. The molecule has 2 heterocycles. The van der Waals surface area contributed by atoms with Crippen molar-refractivity contribution >= 4 is 28.5 Å². The summed E-state index contributed by atoms with van der Waals surface area (Å²) in [5.74, 6) is 1.58. The fourth-order valence-electron chi connectivity index (χ4n) is 4.66. The lowest BCUT2D eigenvalue weighted by molar-refractivity contribution is -0.128. The SMILES string of the molecule is Cc1cc(OC[C@H](O)Cn2c([C@@H]3CC(=O)N(Cc4ccccc4)C3)nc3ccccc32)ccc1Cl. The lowest BCUT2D eigenvalue weighted by Gasteiger charge is -2.19. The Morgan fingerprint density at radius 2 is 1.89 bits per heavy atom. The predicted octanol–water partition coefficient (Wildman–Crippen LogP) is 4.95. The van der Waals surface area contributed by atoms with E-state index in [0.717, 1.165) is 28.0 Å². The maximum Gasteiger partial charge on any atom is 0.223 e. The van der Waals surface area contributed by atoms with Crippen LogP contribution in [-0.2, 0) is 17.9 Å². The second-order valence-electron chi connectivity index (χ2n) is 9.11. The van der Waals surface area contributed by atoms with Gasteiger partial charge in [0.15, 0.2) is 0 Å². The number of rotatable bonds is 8. The van der Waals surface area contributed by atoms with E-state index in [4.69, 9.17) is 21.3 Å². The quantitative estimate of drug-likeness (QED) is 0.380. The van der Waals surface area contributed by atoms with E-state index < -0.39 is 6.10 Å². The normalized spacial score (nSPS) is 16.7. The van der Waals surface area contributed by atoms with Gasteiger partial charge in [0.2, 0.25) is 5.91 Å². The van der Waals surface area contributed by atoms with Crippen LogP contribution < -0.4 is 4.74 Å². The molecule has 1 saturated heterocycles. The van der Waals surface area contributed by atoms with Gasteiger partial charge in [-0.1, -0.05) is 54.1 Å². The number of ether oxygens (including phenoxy) is 1. The summed E-state index contributed by atoms with van der Waals surface area (Å²) < 4.78 is 7.87. The molecular weight excluding hydrogens is 462 g/mol. The summed E-state index contributed by atoms with van der Waals surface area (Å²) in [5, 5.41) is 11.5. The molecule has 1 amide bonds. The highest BCUT2D eigenvalue weighted by Crippen LogP contribution is 2.31. The Morgan fingerprint density at radius 1 is 1.11 bits per heavy atom. The second-order valence-corrected chi connectivity index (χ2v) is 9.51. The van der Waals surface area contributed by atoms with E-state index in [2.05, 4.69) is 0 Å². The van der Waals surface area contributed by atoms with Crippen LogP contribution in [0.1, 0.15) is 29.3 Å². The van der Waals surface area contributed by atoms with Crippen molar-refractivity contribution in [2.24, 2.45) is 0 Å². The van der Waals surface area contributed by atoms with Crippen LogP contribution in [0.3, 0.4) is 0 Å². The van der Waals surface area contributed by atoms with Crippen molar-refractivity contribution in [1.29, 1.82) is 0 Å². The van der Waals surface area contributed by atoms with Gasteiger partial charge in [0.25, 0.3) is 0 Å². The lowest BCUT2D eigenvalue weighted by Crippen LogP contribution is -2.26. The molecule has 1 aliphatic heterocycles. The highest BCUT2D eigenvalue weighted by Gasteiger charge is 2.34. The van der Waals surface area contributed by atoms with Crippen LogP contribution in [0.5, 0.6) is 5.75 Å². The molecule has 2 atom stereocenters. The number of carbonyl (C=O) groups is 1. The molecule has 0 radical (unpaired) electrons. The molecule has 1 fully saturated rings. The summed E-state index contributed by atoms with van der Waals surface area (Å²) in [4.78, 5) is 19.6. The van der Waals surface area contributed by atoms with Crippen molar-refractivity contribution in [3.8, 4) is 5.75 Å². The average molecular weight is 490 g/mol. The molecule has 3 aromatic carbocycles. The molecule has 1 N–H and O–H groups in total. The molecule has 0 spiro atoms. The van der Waals surface area contributed by atoms with Crippen molar-refractivity contribution in [3.05, 3.63) is 94.8 Å². The maximum absolute atomic E-state index is 12.8. The van der Waals surface area contributed by atoms with Gasteiger partial charge in [-0.2, -0.15) is 0 Å². The first kappa shape index (κ1) is 23.4. The number of nitrogens with zero attached hydrogens (tertiary/aromatic N) is 3. The van der Waals surface area contributed by atoms with Gasteiger partial charge in [0.05, 0.1) is 17.6 Å². The minimum atomic E-state index is -0.750. The van der Waals surface area contributed by atoms with Crippen LogP contribution in [0.2, 0.25) is 5.02 Å². The summed E-state index contributed by atoms with van der Waals surface area (Å²) in [7, 11) is 0. The Kier molecular flexibility index (Phi) is 6.75. The van der Waals surface area contributed by atoms with Gasteiger partial charge in [0, 0.05) is 30.5 Å². The van der Waals surface area contributed by atoms with Crippen molar-refractivity contribution in [1.82, 2.24) is 14.5 Å². The zero-order valence-electron chi connectivity index (χ0n) is 19.6. The molecule has 6 nitrogen and oxygen atoms in total. The van der Waals surface area contributed by atoms with Gasteiger partial charge in [-0.3, -0.25) is 4.79 Å². The van der Waals surface area contributed by atoms with E-state index in [1.807, 2.05) is 77.1 Å². The van der Waals surface area contributed by atoms with Crippen molar-refractivity contribution < 1.29 is 14.6 Å². The van der Waals surface area contributed by atoms with Crippen LogP contribution in [0.15, 0.2) is 72.8 Å². The summed E-state index contributed by atoms with van der Waals surface area (Å²) in [6, 6.07) is 23.4. The van der Waals surface area contributed by atoms with Crippen LogP contribution >= 0.6 is 11.6 Å². The third kappa shape index (κ3) is 5.19. The topological polar surface area (TPSA) is 67.6 Å². The van der Waals surface area contributed by atoms with Gasteiger partial charge >= 0.3 is 0 Å². The fourth-order valence-corrected chi connectivity index (χ4v) is 4.78. The Labute approximate surface area is 209 Å². The van der Waals surface area contributed by atoms with Crippen molar-refractivity contribution in [2.75, 3.05) is 13.2 Å². The van der Waals surface area contributed by atoms with Crippen LogP contribution in [-0.4, -0.2) is 44.7 Å². The number of aryl methyl sites for hydroxylation is 1. The van der Waals surface area contributed by atoms with E-state index in [9.17, 15) is 9.90 Å². The monoisotopic (exact) mass is 489 g/mol. The Morgan fingerprint density at radius 3 is 2.69 bits per heavy atom. The molecule has 4 aromatic rings. The van der Waals surface area contributed by atoms with E-state index in [1.165, 1.54) is 0 Å². The zero-order chi connectivity index (χ0) is 24.4. The number of amides is 1. The average Bonchev–Trinajstić information content (AvgIpc) is 3.40. The molecule has 0 unspecified atom stereocenters. The number of fused-ring (bicyclic) bond motifs is 1. The first-order chi connectivity index (χ1) is 17.0. The van der Waals surface area contributed by atoms with E-state index in [0.29, 0.717) is 36.8 Å². The minimum absolute atomic E-state index is 0.0364. The smallest absolute Gasteiger partial charge is 0.223 e. The third-order valence-corrected chi connectivity index (χ3v) is 6.87. The summed E-state index contributed by atoms with van der Waals surface area (Å²) in [6.07, 6.45) is -0.341. The van der Waals surface area contributed by atoms with Gasteiger partial charge in [-0.15, -0.1) is 0 Å². The minimum Gasteiger partial charge on any atom is -0.491 e. The van der Waals surface area contributed by atoms with Crippen LogP contribution in [0, 0.1) is 6.92 Å². The van der Waals surface area contributed by atoms with E-state index >= 15 is 0 Å². The number of aliphatic hydroxyl groups is 1. The molecule has 7 heteroatoms. The molecule has 0 bridgehead atoms. The first-order valence-electron chi connectivity index (χ1n) is 11.8. The number of halogens is 1. The van der Waals surface area contributed by atoms with Gasteiger partial charge in [0.1, 0.15) is 24.3 Å². The first-order valence-corrected chi connectivity index (χ1v) is 12.2. The second kappa shape index (κ2) is 10.1. The molecule has 1 aromatic heterocycles. The summed E-state index contributed by atoms with van der Waals surface area (Å²) >= 11 is 6.10. The number of hydrogen-bond acceptors (Lipinski definition) is 4. The summed E-state index contributed by atoms with van der Waals surface area (Å²) in [6.45, 7) is 3.57. The summed E-state index contributed by atoms with van der Waals surface area (Å²) in [5.41, 5.74) is 3.84. The Bertz CT molecular complexity index is 1340. The largest absolute Gasteiger partial charge is 0.491 e. The Hall–Kier alpha value is -3.35. The van der Waals surface area contributed by atoms with Crippen LogP contribution in [0.4, 0.5) is 0 Å². The highest BCUT2D eigenvalue weighted by molar-refractivity contribution is 6.31.